The van der Waals surface area contributed by atoms with Crippen LogP contribution in [0.1, 0.15) is 49.3 Å². The van der Waals surface area contributed by atoms with Crippen LogP contribution in [0.25, 0.3) is 0 Å². The van der Waals surface area contributed by atoms with E-state index < -0.39 is 17.7 Å². The monoisotopic (exact) mass is 432 g/mol. The van der Waals surface area contributed by atoms with Crippen LogP contribution < -0.4 is 14.2 Å². The second kappa shape index (κ2) is 8.58. The van der Waals surface area contributed by atoms with Crippen molar-refractivity contribution in [1.29, 1.82) is 0 Å². The van der Waals surface area contributed by atoms with E-state index in [1.165, 1.54) is 12.5 Å². The van der Waals surface area contributed by atoms with Gasteiger partial charge in [0.05, 0.1) is 7.11 Å². The first-order valence-corrected chi connectivity index (χ1v) is 10.7. The highest BCUT2D eigenvalue weighted by Gasteiger charge is 2.45. The molecule has 0 radical (unpaired) electrons. The van der Waals surface area contributed by atoms with Gasteiger partial charge < -0.3 is 19.3 Å². The minimum Gasteiger partial charge on any atom is -0.497 e. The molecule has 0 aromatic heterocycles. The first-order valence-electron chi connectivity index (χ1n) is 10.7. The highest BCUT2D eigenvalue weighted by atomic mass is 16.5. The molecule has 0 aliphatic carbocycles. The Labute approximate surface area is 188 Å². The molecule has 1 aliphatic rings. The molecule has 0 fully saturated rings. The maximum Gasteiger partial charge on any atom is 0.344 e. The van der Waals surface area contributed by atoms with Crippen molar-refractivity contribution in [2.45, 2.75) is 44.3 Å². The third kappa shape index (κ3) is 4.15. The molecule has 3 atom stereocenters. The summed E-state index contributed by atoms with van der Waals surface area (Å²) in [6, 6.07) is 24.1. The number of benzene rings is 3. The smallest absolute Gasteiger partial charge is 0.344 e. The average molecular weight is 433 g/mol. The Hall–Kier alpha value is -3.47. The molecule has 1 unspecified atom stereocenters. The number of methoxy groups -OCH3 is 1. The molecule has 32 heavy (non-hydrogen) atoms. The van der Waals surface area contributed by atoms with Crippen molar-refractivity contribution in [1.82, 2.24) is 0 Å². The molecule has 5 heteroatoms. The molecule has 1 heterocycles. The second-order valence-electron chi connectivity index (χ2n) is 8.64. The third-order valence-electron chi connectivity index (χ3n) is 6.07. The van der Waals surface area contributed by atoms with E-state index in [0.29, 0.717) is 5.75 Å². The van der Waals surface area contributed by atoms with Gasteiger partial charge >= 0.3 is 5.97 Å². The Balaban J connectivity index is 1.81. The van der Waals surface area contributed by atoms with Crippen LogP contribution in [0.4, 0.5) is 0 Å². The van der Waals surface area contributed by atoms with E-state index in [2.05, 4.69) is 44.2 Å². The zero-order chi connectivity index (χ0) is 22.9. The molecule has 3 aromatic rings. The summed E-state index contributed by atoms with van der Waals surface area (Å²) in [6.45, 7) is 5.75. The highest BCUT2D eigenvalue weighted by Crippen LogP contribution is 2.53. The van der Waals surface area contributed by atoms with Gasteiger partial charge in [0.2, 0.25) is 0 Å². The standard InChI is InChI=1S/C27H28O5/c1-17(26(28)29)31-20-12-10-18(11-13-20)24-22-15-14-21(30-4)16-23(22)32-27(2,3)25(24)19-8-6-5-7-9-19/h5-17,24-25H,1-4H3,(H,28,29)/t17?,24-,25+/m0/s1. The normalized spacial score (nSPS) is 19.9. The van der Waals surface area contributed by atoms with Gasteiger partial charge in [-0.3, -0.25) is 0 Å². The third-order valence-corrected chi connectivity index (χ3v) is 6.07. The number of hydrogen-bond acceptors (Lipinski definition) is 4. The molecular weight excluding hydrogens is 404 g/mol. The summed E-state index contributed by atoms with van der Waals surface area (Å²) < 4.78 is 17.5. The van der Waals surface area contributed by atoms with E-state index in [4.69, 9.17) is 19.3 Å². The predicted octanol–water partition coefficient (Wildman–Crippen LogP) is 5.63. The van der Waals surface area contributed by atoms with Crippen molar-refractivity contribution in [3.05, 3.63) is 89.5 Å². The molecule has 166 valence electrons. The van der Waals surface area contributed by atoms with Crippen LogP contribution in [0.3, 0.4) is 0 Å². The fourth-order valence-corrected chi connectivity index (χ4v) is 4.55. The fourth-order valence-electron chi connectivity index (χ4n) is 4.55. The fraction of sp³-hybridized carbons (Fsp3) is 0.296. The summed E-state index contributed by atoms with van der Waals surface area (Å²) >= 11 is 0. The van der Waals surface area contributed by atoms with Gasteiger partial charge in [0.15, 0.2) is 6.10 Å². The topological polar surface area (TPSA) is 65.0 Å². The molecule has 0 amide bonds. The van der Waals surface area contributed by atoms with Gasteiger partial charge in [-0.25, -0.2) is 4.79 Å². The summed E-state index contributed by atoms with van der Waals surface area (Å²) in [6.07, 6.45) is -0.909. The Kier molecular flexibility index (Phi) is 5.83. The molecule has 0 saturated carbocycles. The van der Waals surface area contributed by atoms with Crippen LogP contribution in [0, 0.1) is 0 Å². The Morgan fingerprint density at radius 3 is 2.25 bits per heavy atom. The lowest BCUT2D eigenvalue weighted by Crippen LogP contribution is -2.43. The van der Waals surface area contributed by atoms with Crippen molar-refractivity contribution in [3.63, 3.8) is 0 Å². The number of rotatable bonds is 6. The molecule has 4 rings (SSSR count). The van der Waals surface area contributed by atoms with Gasteiger partial charge in [-0.15, -0.1) is 0 Å². The summed E-state index contributed by atoms with van der Waals surface area (Å²) in [7, 11) is 1.65. The van der Waals surface area contributed by atoms with E-state index in [0.717, 1.165) is 22.6 Å². The van der Waals surface area contributed by atoms with E-state index in [9.17, 15) is 4.79 Å². The van der Waals surface area contributed by atoms with E-state index >= 15 is 0 Å². The summed E-state index contributed by atoms with van der Waals surface area (Å²) in [5.74, 6) is 1.20. The van der Waals surface area contributed by atoms with Crippen molar-refractivity contribution in [2.75, 3.05) is 7.11 Å². The maximum atomic E-state index is 11.1. The van der Waals surface area contributed by atoms with Crippen LogP contribution in [0.5, 0.6) is 17.2 Å². The molecule has 3 aromatic carbocycles. The van der Waals surface area contributed by atoms with Crippen molar-refractivity contribution >= 4 is 5.97 Å². The number of ether oxygens (including phenoxy) is 3. The average Bonchev–Trinajstić information content (AvgIpc) is 2.78. The minimum atomic E-state index is -0.993. The molecule has 5 nitrogen and oxygen atoms in total. The van der Waals surface area contributed by atoms with Gasteiger partial charge in [0.1, 0.15) is 22.8 Å². The molecule has 0 spiro atoms. The molecule has 0 saturated heterocycles. The Morgan fingerprint density at radius 2 is 1.62 bits per heavy atom. The summed E-state index contributed by atoms with van der Waals surface area (Å²) in [4.78, 5) is 11.1. The SMILES string of the molecule is COc1ccc2c(c1)OC(C)(C)[C@H](c1ccccc1)[C@H]2c1ccc(OC(C)C(=O)O)cc1. The number of carboxylic acids is 1. The molecular formula is C27H28O5. The lowest BCUT2D eigenvalue weighted by molar-refractivity contribution is -0.144. The van der Waals surface area contributed by atoms with Gasteiger partial charge in [-0.2, -0.15) is 0 Å². The molecule has 1 N–H and O–H groups in total. The van der Waals surface area contributed by atoms with Crippen molar-refractivity contribution in [2.24, 2.45) is 0 Å². The van der Waals surface area contributed by atoms with Crippen LogP contribution in [0.15, 0.2) is 72.8 Å². The number of aliphatic carboxylic acids is 1. The van der Waals surface area contributed by atoms with Crippen molar-refractivity contribution < 1.29 is 24.1 Å². The largest absolute Gasteiger partial charge is 0.497 e. The van der Waals surface area contributed by atoms with Gasteiger partial charge in [-0.1, -0.05) is 48.5 Å². The molecule has 1 aliphatic heterocycles. The number of hydrogen-bond donors (Lipinski definition) is 1. The van der Waals surface area contributed by atoms with Crippen LogP contribution in [-0.2, 0) is 4.79 Å². The Bertz CT molecular complexity index is 1090. The lowest BCUT2D eigenvalue weighted by atomic mass is 9.68. The van der Waals surface area contributed by atoms with Gasteiger partial charge in [0, 0.05) is 23.5 Å². The highest BCUT2D eigenvalue weighted by molar-refractivity contribution is 5.72. The van der Waals surface area contributed by atoms with E-state index in [1.807, 2.05) is 42.5 Å². The maximum absolute atomic E-state index is 11.1. The number of carboxylic acid groups (broad SMARTS) is 1. The first kappa shape index (κ1) is 21.8. The van der Waals surface area contributed by atoms with Gasteiger partial charge in [-0.05, 0) is 50.1 Å². The summed E-state index contributed by atoms with van der Waals surface area (Å²) in [5, 5.41) is 9.12. The minimum absolute atomic E-state index is 0.0352. The van der Waals surface area contributed by atoms with Crippen LogP contribution >= 0.6 is 0 Å². The Morgan fingerprint density at radius 1 is 0.969 bits per heavy atom. The van der Waals surface area contributed by atoms with Crippen LogP contribution in [-0.4, -0.2) is 29.9 Å². The van der Waals surface area contributed by atoms with E-state index in [1.54, 1.807) is 7.11 Å². The lowest BCUT2D eigenvalue weighted by Gasteiger charge is -2.45. The predicted molar refractivity (Wildman–Crippen MR) is 123 cm³/mol. The first-order chi connectivity index (χ1) is 15.3. The second-order valence-corrected chi connectivity index (χ2v) is 8.64. The molecule has 0 bridgehead atoms. The van der Waals surface area contributed by atoms with E-state index in [-0.39, 0.29) is 11.8 Å². The van der Waals surface area contributed by atoms with Gasteiger partial charge in [0.25, 0.3) is 0 Å². The van der Waals surface area contributed by atoms with Crippen molar-refractivity contribution in [3.8, 4) is 17.2 Å². The number of carbonyl (C=O) groups is 1. The number of fused-ring (bicyclic) bond motifs is 1. The zero-order valence-electron chi connectivity index (χ0n) is 18.7. The quantitative estimate of drug-likeness (QED) is 0.547. The van der Waals surface area contributed by atoms with Crippen LogP contribution in [0.2, 0.25) is 0 Å². The summed E-state index contributed by atoms with van der Waals surface area (Å²) in [5.41, 5.74) is 2.92. The zero-order valence-corrected chi connectivity index (χ0v) is 18.7.